The summed E-state index contributed by atoms with van der Waals surface area (Å²) < 4.78 is 10.9. The lowest BCUT2D eigenvalue weighted by Gasteiger charge is -2.27. The van der Waals surface area contributed by atoms with Crippen LogP contribution in [0.4, 0.5) is 0 Å². The Hall–Kier alpha value is -3.07. The van der Waals surface area contributed by atoms with Gasteiger partial charge in [0.15, 0.2) is 5.78 Å². The van der Waals surface area contributed by atoms with E-state index in [4.69, 9.17) is 9.47 Å². The fourth-order valence-corrected chi connectivity index (χ4v) is 3.45. The molecule has 1 N–H and O–H groups in total. The Morgan fingerprint density at radius 1 is 1.17 bits per heavy atom. The second kappa shape index (κ2) is 9.62. The van der Waals surface area contributed by atoms with E-state index in [0.717, 1.165) is 11.3 Å². The first kappa shape index (κ1) is 21.6. The standard InChI is InChI=1S/C21H24N2O7/c1-2-10-29-11-4-5-13(24)12-30-16-7-3-6-14-18(16)21(28)23(20(14)27)15-8-9-17(25)22-19(15)26/h3,6-7,15H,2,4-5,8-12H2,1H3,(H,22,25,26). The van der Waals surface area contributed by atoms with Crippen molar-refractivity contribution in [2.45, 2.75) is 45.1 Å². The first-order valence-electron chi connectivity index (χ1n) is 10.0. The molecular formula is C21H24N2O7. The molecule has 0 radical (unpaired) electrons. The molecule has 2 aliphatic rings. The molecule has 2 heterocycles. The maximum absolute atomic E-state index is 12.9. The third-order valence-corrected chi connectivity index (χ3v) is 4.91. The highest BCUT2D eigenvalue weighted by atomic mass is 16.5. The zero-order chi connectivity index (χ0) is 21.7. The lowest BCUT2D eigenvalue weighted by Crippen LogP contribution is -2.54. The molecule has 1 aromatic rings. The number of ketones is 1. The molecule has 1 atom stereocenters. The predicted molar refractivity (Wildman–Crippen MR) is 104 cm³/mol. The molecule has 0 aliphatic carbocycles. The monoisotopic (exact) mass is 416 g/mol. The first-order valence-corrected chi connectivity index (χ1v) is 10.0. The molecule has 1 fully saturated rings. The molecule has 0 aromatic heterocycles. The summed E-state index contributed by atoms with van der Waals surface area (Å²) in [6.45, 7) is 2.92. The number of nitrogens with one attached hydrogen (secondary N) is 1. The van der Waals surface area contributed by atoms with Gasteiger partial charge in [-0.3, -0.25) is 34.2 Å². The predicted octanol–water partition coefficient (Wildman–Crippen LogP) is 1.24. The summed E-state index contributed by atoms with van der Waals surface area (Å²) >= 11 is 0. The van der Waals surface area contributed by atoms with Crippen molar-refractivity contribution in [2.75, 3.05) is 19.8 Å². The van der Waals surface area contributed by atoms with Crippen LogP contribution in [0.15, 0.2) is 18.2 Å². The van der Waals surface area contributed by atoms with Gasteiger partial charge >= 0.3 is 0 Å². The second-order valence-electron chi connectivity index (χ2n) is 7.17. The summed E-state index contributed by atoms with van der Waals surface area (Å²) in [7, 11) is 0. The molecule has 160 valence electrons. The third-order valence-electron chi connectivity index (χ3n) is 4.91. The number of amides is 4. The third kappa shape index (κ3) is 4.56. The van der Waals surface area contributed by atoms with E-state index in [1.54, 1.807) is 6.07 Å². The second-order valence-corrected chi connectivity index (χ2v) is 7.17. The number of fused-ring (bicyclic) bond motifs is 1. The molecule has 1 unspecified atom stereocenters. The summed E-state index contributed by atoms with van der Waals surface area (Å²) in [5.74, 6) is -2.42. The summed E-state index contributed by atoms with van der Waals surface area (Å²) in [6.07, 6.45) is 1.90. The van der Waals surface area contributed by atoms with Gasteiger partial charge in [-0.05, 0) is 31.4 Å². The highest BCUT2D eigenvalue weighted by Gasteiger charge is 2.46. The largest absolute Gasteiger partial charge is 0.485 e. The van der Waals surface area contributed by atoms with Crippen molar-refractivity contribution in [3.63, 3.8) is 0 Å². The lowest BCUT2D eigenvalue weighted by atomic mass is 10.0. The highest BCUT2D eigenvalue weighted by Crippen LogP contribution is 2.33. The number of imide groups is 2. The van der Waals surface area contributed by atoms with Gasteiger partial charge in [-0.15, -0.1) is 0 Å². The molecule has 4 amide bonds. The average Bonchev–Trinajstić information content (AvgIpc) is 2.97. The molecule has 30 heavy (non-hydrogen) atoms. The van der Waals surface area contributed by atoms with Crippen molar-refractivity contribution in [3.8, 4) is 5.75 Å². The summed E-state index contributed by atoms with van der Waals surface area (Å²) in [5, 5.41) is 2.15. The van der Waals surface area contributed by atoms with Crippen LogP contribution in [0.1, 0.15) is 59.7 Å². The van der Waals surface area contributed by atoms with Crippen LogP contribution in [0, 0.1) is 0 Å². The van der Waals surface area contributed by atoms with Crippen LogP contribution in [-0.2, 0) is 19.1 Å². The fourth-order valence-electron chi connectivity index (χ4n) is 3.45. The van der Waals surface area contributed by atoms with Crippen molar-refractivity contribution in [1.82, 2.24) is 10.2 Å². The Bertz CT molecular complexity index is 880. The first-order chi connectivity index (χ1) is 14.4. The van der Waals surface area contributed by atoms with Gasteiger partial charge in [0, 0.05) is 26.1 Å². The van der Waals surface area contributed by atoms with E-state index < -0.39 is 29.7 Å². The van der Waals surface area contributed by atoms with Crippen molar-refractivity contribution in [1.29, 1.82) is 0 Å². The van der Waals surface area contributed by atoms with Crippen LogP contribution in [0.2, 0.25) is 0 Å². The molecule has 9 nitrogen and oxygen atoms in total. The minimum Gasteiger partial charge on any atom is -0.485 e. The van der Waals surface area contributed by atoms with E-state index in [0.29, 0.717) is 19.6 Å². The lowest BCUT2D eigenvalue weighted by molar-refractivity contribution is -0.136. The van der Waals surface area contributed by atoms with Crippen molar-refractivity contribution in [2.24, 2.45) is 0 Å². The van der Waals surface area contributed by atoms with Gasteiger partial charge in [0.25, 0.3) is 11.8 Å². The molecule has 0 saturated carbocycles. The van der Waals surface area contributed by atoms with E-state index in [2.05, 4.69) is 5.32 Å². The van der Waals surface area contributed by atoms with Gasteiger partial charge in [0.2, 0.25) is 11.8 Å². The maximum Gasteiger partial charge on any atom is 0.266 e. The van der Waals surface area contributed by atoms with Crippen LogP contribution in [0.5, 0.6) is 5.75 Å². The molecule has 9 heteroatoms. The van der Waals surface area contributed by atoms with Gasteiger partial charge in [-0.1, -0.05) is 13.0 Å². The normalized spacial score (nSPS) is 18.4. The molecular weight excluding hydrogens is 392 g/mol. The van der Waals surface area contributed by atoms with Crippen LogP contribution in [0.3, 0.4) is 0 Å². The molecule has 0 spiro atoms. The number of carbonyl (C=O) groups is 5. The van der Waals surface area contributed by atoms with Gasteiger partial charge in [-0.2, -0.15) is 0 Å². The maximum atomic E-state index is 12.9. The Kier molecular flexibility index (Phi) is 6.94. The summed E-state index contributed by atoms with van der Waals surface area (Å²) in [6, 6.07) is 3.49. The number of carbonyl (C=O) groups excluding carboxylic acids is 5. The SMILES string of the molecule is CCCOCCCC(=O)COc1cccc2c1C(=O)N(C1CCC(=O)NC1=O)C2=O. The quantitative estimate of drug-likeness (QED) is 0.450. The van der Waals surface area contributed by atoms with Crippen LogP contribution < -0.4 is 10.1 Å². The smallest absolute Gasteiger partial charge is 0.266 e. The molecule has 1 aromatic carbocycles. The van der Waals surface area contributed by atoms with Gasteiger partial charge < -0.3 is 9.47 Å². The Morgan fingerprint density at radius 3 is 2.70 bits per heavy atom. The van der Waals surface area contributed by atoms with Crippen molar-refractivity contribution in [3.05, 3.63) is 29.3 Å². The zero-order valence-corrected chi connectivity index (χ0v) is 16.8. The minimum absolute atomic E-state index is 0.0336. The zero-order valence-electron chi connectivity index (χ0n) is 16.8. The van der Waals surface area contributed by atoms with E-state index in [9.17, 15) is 24.0 Å². The topological polar surface area (TPSA) is 119 Å². The number of piperidine rings is 1. The Morgan fingerprint density at radius 2 is 1.97 bits per heavy atom. The van der Waals surface area contributed by atoms with E-state index in [-0.39, 0.29) is 48.5 Å². The van der Waals surface area contributed by atoms with Crippen molar-refractivity contribution >= 4 is 29.4 Å². The van der Waals surface area contributed by atoms with Crippen LogP contribution in [-0.4, -0.2) is 60.2 Å². The van der Waals surface area contributed by atoms with Gasteiger partial charge in [0.05, 0.1) is 11.1 Å². The van der Waals surface area contributed by atoms with Gasteiger partial charge in [-0.25, -0.2) is 0 Å². The molecule has 2 aliphatic heterocycles. The number of nitrogens with zero attached hydrogens (tertiary/aromatic N) is 1. The van der Waals surface area contributed by atoms with Crippen LogP contribution in [0.25, 0.3) is 0 Å². The number of Topliss-reactive ketones (excluding diaryl/α,β-unsaturated/α-hetero) is 1. The summed E-state index contributed by atoms with van der Waals surface area (Å²) in [4.78, 5) is 62.1. The number of rotatable bonds is 10. The molecule has 0 bridgehead atoms. The molecule has 1 saturated heterocycles. The molecule has 3 rings (SSSR count). The average molecular weight is 416 g/mol. The van der Waals surface area contributed by atoms with Gasteiger partial charge in [0.1, 0.15) is 18.4 Å². The van der Waals surface area contributed by atoms with Crippen molar-refractivity contribution < 1.29 is 33.4 Å². The Labute approximate surface area is 173 Å². The summed E-state index contributed by atoms with van der Waals surface area (Å²) in [5.41, 5.74) is 0.147. The number of hydrogen-bond acceptors (Lipinski definition) is 7. The highest BCUT2D eigenvalue weighted by molar-refractivity contribution is 6.24. The number of ether oxygens (including phenoxy) is 2. The number of benzene rings is 1. The van der Waals surface area contributed by atoms with E-state index >= 15 is 0 Å². The fraction of sp³-hybridized carbons (Fsp3) is 0.476. The van der Waals surface area contributed by atoms with Crippen LogP contribution >= 0.6 is 0 Å². The Balaban J connectivity index is 1.66. The van der Waals surface area contributed by atoms with E-state index in [1.807, 2.05) is 6.92 Å². The minimum atomic E-state index is -1.05. The van der Waals surface area contributed by atoms with E-state index in [1.165, 1.54) is 12.1 Å². The number of hydrogen-bond donors (Lipinski definition) is 1.